The lowest BCUT2D eigenvalue weighted by Gasteiger charge is -2.11. The van der Waals surface area contributed by atoms with Crippen LogP contribution in [-0.4, -0.2) is 30.8 Å². The summed E-state index contributed by atoms with van der Waals surface area (Å²) in [6, 6.07) is 22.1. The van der Waals surface area contributed by atoms with Crippen LogP contribution in [0.15, 0.2) is 132 Å². The second-order valence-corrected chi connectivity index (χ2v) is 10.9. The number of aliphatic hydroxyl groups excluding tert-OH is 1. The Morgan fingerprint density at radius 1 is 0.625 bits per heavy atom. The molecule has 0 bridgehead atoms. The minimum Gasteiger partial charge on any atom is -0.505 e. The molecule has 0 amide bonds. The summed E-state index contributed by atoms with van der Waals surface area (Å²) in [6.45, 7) is 7.79. The van der Waals surface area contributed by atoms with E-state index in [1.807, 2.05) is 82.3 Å². The number of ether oxygens (including phenoxy) is 2. The molecule has 0 aliphatic heterocycles. The third-order valence-corrected chi connectivity index (χ3v) is 7.30. The third kappa shape index (κ3) is 7.91. The Hall–Kier alpha value is -6.30. The third-order valence-electron chi connectivity index (χ3n) is 7.30. The van der Waals surface area contributed by atoms with Crippen molar-refractivity contribution in [1.29, 1.82) is 0 Å². The molecule has 0 unspecified atom stereocenters. The molecule has 12 heteroatoms. The maximum atomic E-state index is 12.7. The van der Waals surface area contributed by atoms with E-state index in [2.05, 4.69) is 41.2 Å². The van der Waals surface area contributed by atoms with E-state index in [0.717, 1.165) is 34.0 Å². The van der Waals surface area contributed by atoms with Crippen molar-refractivity contribution in [2.75, 3.05) is 19.6 Å². The van der Waals surface area contributed by atoms with Crippen LogP contribution in [0.25, 0.3) is 0 Å². The number of allylic oxidation sites excluding steroid dienone is 2. The van der Waals surface area contributed by atoms with Gasteiger partial charge in [-0.3, -0.25) is 10.2 Å². The van der Waals surface area contributed by atoms with Gasteiger partial charge in [-0.05, 0) is 86.8 Å². The lowest BCUT2D eigenvalue weighted by Crippen LogP contribution is -2.16. The number of ketones is 1. The number of anilines is 1. The van der Waals surface area contributed by atoms with Crippen molar-refractivity contribution in [1.82, 2.24) is 0 Å². The molecule has 5 rings (SSSR count). The van der Waals surface area contributed by atoms with Crippen molar-refractivity contribution in [3.8, 4) is 11.5 Å². The summed E-state index contributed by atoms with van der Waals surface area (Å²) in [4.78, 5) is 12.7. The van der Waals surface area contributed by atoms with Crippen LogP contribution in [0.3, 0.4) is 0 Å². The fourth-order valence-corrected chi connectivity index (χ4v) is 4.63. The molecule has 242 valence electrons. The highest BCUT2D eigenvalue weighted by atomic mass is 16.5. The minimum atomic E-state index is -0.494. The van der Waals surface area contributed by atoms with Gasteiger partial charge >= 0.3 is 0 Å². The Kier molecular flexibility index (Phi) is 10.2. The van der Waals surface area contributed by atoms with Crippen LogP contribution in [0, 0.1) is 27.7 Å². The van der Waals surface area contributed by atoms with Crippen molar-refractivity contribution >= 4 is 45.6 Å². The molecule has 1 aliphatic rings. The first-order valence-corrected chi connectivity index (χ1v) is 14.9. The molecule has 0 saturated heterocycles. The molecule has 0 atom stereocenters. The van der Waals surface area contributed by atoms with Gasteiger partial charge in [-0.1, -0.05) is 29.8 Å². The van der Waals surface area contributed by atoms with E-state index in [9.17, 15) is 9.90 Å². The lowest BCUT2D eigenvalue weighted by atomic mass is 10.1. The number of hydrogen-bond acceptors (Lipinski definition) is 12. The highest BCUT2D eigenvalue weighted by Crippen LogP contribution is 2.35. The molecule has 12 nitrogen and oxygen atoms in total. The van der Waals surface area contributed by atoms with E-state index in [1.54, 1.807) is 25.3 Å². The molecule has 0 spiro atoms. The van der Waals surface area contributed by atoms with Gasteiger partial charge in [-0.25, -0.2) is 0 Å². The summed E-state index contributed by atoms with van der Waals surface area (Å²) >= 11 is 0. The maximum absolute atomic E-state index is 12.7. The number of nitrogens with zero attached hydrogens (tertiary/aromatic N) is 7. The Morgan fingerprint density at radius 3 is 2.06 bits per heavy atom. The van der Waals surface area contributed by atoms with Gasteiger partial charge in [0.25, 0.3) is 0 Å². The number of azo groups is 3. The number of rotatable bonds is 10. The summed E-state index contributed by atoms with van der Waals surface area (Å²) < 4.78 is 10.8. The second-order valence-electron chi connectivity index (χ2n) is 10.9. The van der Waals surface area contributed by atoms with Gasteiger partial charge < -0.3 is 14.6 Å². The quantitative estimate of drug-likeness (QED) is 0.100. The summed E-state index contributed by atoms with van der Waals surface area (Å²) in [5.41, 5.74) is 10.5. The Balaban J connectivity index is 1.32. The standard InChI is InChI=1S/C36H34N8O4/c1-21-11-13-26(22(2)15-21)38-37-25-12-14-28(36(18-25)48-6)40-43-31-19-32(34(46)20-33(31)45)44-42-30-17-23(3)29(16-24(30)4)41-39-27-9-7-8-10-35(27)47-5/h7-20,42,45H,1-6H3. The highest BCUT2D eigenvalue weighted by molar-refractivity contribution is 6.49. The summed E-state index contributed by atoms with van der Waals surface area (Å²) in [6.07, 6.45) is 2.40. The van der Waals surface area contributed by atoms with Gasteiger partial charge in [0.15, 0.2) is 0 Å². The van der Waals surface area contributed by atoms with Crippen molar-refractivity contribution in [2.24, 2.45) is 35.8 Å². The summed E-state index contributed by atoms with van der Waals surface area (Å²) in [5.74, 6) is 0.195. The summed E-state index contributed by atoms with van der Waals surface area (Å²) in [7, 11) is 3.09. The molecular formula is C36H34N8O4. The van der Waals surface area contributed by atoms with Crippen LogP contribution in [0.1, 0.15) is 22.3 Å². The number of aliphatic hydroxyl groups is 1. The van der Waals surface area contributed by atoms with Crippen molar-refractivity contribution in [3.63, 3.8) is 0 Å². The molecular weight excluding hydrogens is 608 g/mol. The Bertz CT molecular complexity index is 2060. The number of nitrogens with one attached hydrogen (secondary N) is 1. The van der Waals surface area contributed by atoms with Gasteiger partial charge in [-0.15, -0.1) is 15.3 Å². The first-order valence-electron chi connectivity index (χ1n) is 14.9. The van der Waals surface area contributed by atoms with E-state index < -0.39 is 5.78 Å². The monoisotopic (exact) mass is 642 g/mol. The van der Waals surface area contributed by atoms with Gasteiger partial charge in [0.05, 0.1) is 37.0 Å². The average Bonchev–Trinajstić information content (AvgIpc) is 3.07. The van der Waals surface area contributed by atoms with Gasteiger partial charge in [0.2, 0.25) is 5.78 Å². The number of carbonyl (C=O) groups is 1. The van der Waals surface area contributed by atoms with E-state index in [-0.39, 0.29) is 17.2 Å². The number of hydrazone groups is 1. The highest BCUT2D eigenvalue weighted by Gasteiger charge is 2.19. The largest absolute Gasteiger partial charge is 0.505 e. The minimum absolute atomic E-state index is 0.0351. The molecule has 0 heterocycles. The van der Waals surface area contributed by atoms with Crippen LogP contribution >= 0.6 is 0 Å². The second kappa shape index (κ2) is 14.9. The van der Waals surface area contributed by atoms with Crippen LogP contribution in [-0.2, 0) is 4.79 Å². The van der Waals surface area contributed by atoms with Crippen molar-refractivity contribution in [2.45, 2.75) is 27.7 Å². The molecule has 2 N–H and O–H groups in total. The molecule has 0 fully saturated rings. The van der Waals surface area contributed by atoms with Gasteiger partial charge in [0.1, 0.15) is 40.0 Å². The molecule has 4 aromatic rings. The smallest absolute Gasteiger partial charge is 0.209 e. The number of aryl methyl sites for hydroxylation is 4. The van der Waals surface area contributed by atoms with Crippen molar-refractivity contribution in [3.05, 3.63) is 119 Å². The fourth-order valence-electron chi connectivity index (χ4n) is 4.63. The molecule has 4 aromatic carbocycles. The van der Waals surface area contributed by atoms with Crippen LogP contribution < -0.4 is 14.9 Å². The molecule has 1 aliphatic carbocycles. The zero-order valence-corrected chi connectivity index (χ0v) is 27.4. The predicted molar refractivity (Wildman–Crippen MR) is 186 cm³/mol. The van der Waals surface area contributed by atoms with E-state index in [1.165, 1.54) is 13.2 Å². The number of para-hydroxylation sites is 1. The van der Waals surface area contributed by atoms with Crippen molar-refractivity contribution < 1.29 is 19.4 Å². The zero-order valence-electron chi connectivity index (χ0n) is 27.4. The maximum Gasteiger partial charge on any atom is 0.209 e. The number of carbonyl (C=O) groups excluding carboxylic acids is 1. The van der Waals surface area contributed by atoms with E-state index in [4.69, 9.17) is 9.47 Å². The summed E-state index contributed by atoms with van der Waals surface area (Å²) in [5, 5.41) is 40.5. The van der Waals surface area contributed by atoms with Crippen LogP contribution in [0.5, 0.6) is 11.5 Å². The lowest BCUT2D eigenvalue weighted by molar-refractivity contribution is -0.109. The molecule has 0 radical (unpaired) electrons. The van der Waals surface area contributed by atoms with Gasteiger partial charge in [-0.2, -0.15) is 20.4 Å². The first kappa shape index (κ1) is 33.1. The Morgan fingerprint density at radius 2 is 1.29 bits per heavy atom. The van der Waals surface area contributed by atoms with E-state index in [0.29, 0.717) is 39.9 Å². The average molecular weight is 643 g/mol. The topological polar surface area (TPSA) is 154 Å². The van der Waals surface area contributed by atoms with Crippen LogP contribution in [0.4, 0.5) is 34.1 Å². The SMILES string of the molecule is COc1cc(N=Nc2ccc(C)cc2C)ccc1N=NC1=CC(=NNc2cc(C)c(N=Nc3ccccc3OC)cc2C)C(=O)C=C1O. The number of methoxy groups -OCH3 is 2. The Labute approximate surface area is 278 Å². The van der Waals surface area contributed by atoms with Gasteiger partial charge in [0, 0.05) is 18.2 Å². The first-order chi connectivity index (χ1) is 23.1. The predicted octanol–water partition coefficient (Wildman–Crippen LogP) is 10.2. The fraction of sp³-hybridized carbons (Fsp3) is 0.167. The van der Waals surface area contributed by atoms with Crippen LogP contribution in [0.2, 0.25) is 0 Å². The van der Waals surface area contributed by atoms with E-state index >= 15 is 0 Å². The number of benzene rings is 4. The normalized spacial score (nSPS) is 14.2. The molecule has 48 heavy (non-hydrogen) atoms. The zero-order chi connectivity index (χ0) is 34.2. The molecule has 0 saturated carbocycles. The number of hydrogen-bond donors (Lipinski definition) is 2. The molecule has 0 aromatic heterocycles.